The van der Waals surface area contributed by atoms with E-state index >= 15 is 0 Å². The summed E-state index contributed by atoms with van der Waals surface area (Å²) in [4.78, 5) is 15.9. The van der Waals surface area contributed by atoms with Crippen LogP contribution in [0.25, 0.3) is 0 Å². The number of ether oxygens (including phenoxy) is 2. The van der Waals surface area contributed by atoms with Gasteiger partial charge in [-0.05, 0) is 50.1 Å². The highest BCUT2D eigenvalue weighted by Gasteiger charge is 2.09. The number of allylic oxidation sites excluding steroid dienone is 1. The third-order valence-corrected chi connectivity index (χ3v) is 2.66. The molecule has 1 N–H and O–H groups in total. The van der Waals surface area contributed by atoms with E-state index in [2.05, 4.69) is 10.3 Å². The van der Waals surface area contributed by atoms with Crippen molar-refractivity contribution in [2.75, 3.05) is 7.11 Å². The zero-order valence-corrected chi connectivity index (χ0v) is 13.0. The molecule has 5 heteroatoms. The van der Waals surface area contributed by atoms with Gasteiger partial charge in [0, 0.05) is 5.71 Å². The predicted octanol–water partition coefficient (Wildman–Crippen LogP) is 3.91. The molecule has 0 aromatic heterocycles. The summed E-state index contributed by atoms with van der Waals surface area (Å²) in [5.74, 6) is 1.71. The Hall–Kier alpha value is -2.30. The number of rotatable bonds is 3. The zero-order chi connectivity index (χ0) is 15.7. The summed E-state index contributed by atoms with van der Waals surface area (Å²) in [5, 5.41) is 2.61. The lowest BCUT2D eigenvalue weighted by molar-refractivity contribution is 0.203. The van der Waals surface area contributed by atoms with Crippen LogP contribution >= 0.6 is 0 Å². The van der Waals surface area contributed by atoms with E-state index < -0.39 is 6.09 Å². The molecule has 0 unspecified atom stereocenters. The van der Waals surface area contributed by atoms with E-state index in [9.17, 15) is 4.79 Å². The zero-order valence-electron chi connectivity index (χ0n) is 13.0. The van der Waals surface area contributed by atoms with Crippen molar-refractivity contribution in [1.29, 1.82) is 0 Å². The number of carbonyl (C=O) groups excluding carboxylic acids is 1. The molecule has 5 nitrogen and oxygen atoms in total. The van der Waals surface area contributed by atoms with Crippen LogP contribution in [0.2, 0.25) is 0 Å². The largest absolute Gasteiger partial charge is 0.497 e. The van der Waals surface area contributed by atoms with E-state index in [0.29, 0.717) is 17.3 Å². The number of nitrogens with one attached hydrogen (secondary N) is 1. The van der Waals surface area contributed by atoms with Crippen molar-refractivity contribution < 1.29 is 14.3 Å². The summed E-state index contributed by atoms with van der Waals surface area (Å²) in [6, 6.07) is 6.79. The highest BCUT2D eigenvalue weighted by atomic mass is 16.6. The van der Waals surface area contributed by atoms with Gasteiger partial charge in [0.1, 0.15) is 17.3 Å². The SMILES string of the molecule is CC.COc1ccc(OC(=O)NC2=CCCC(C)=N2)cc1. The summed E-state index contributed by atoms with van der Waals surface area (Å²) in [6.45, 7) is 5.93. The standard InChI is InChI=1S/C14H16N2O3.C2H6/c1-10-4-3-5-13(15-10)16-14(17)19-12-8-6-11(18-2)7-9-12;1-2/h5-9H,3-4H2,1-2H3,(H,16,17);1-2H3. The fourth-order valence-corrected chi connectivity index (χ4v) is 1.68. The lowest BCUT2D eigenvalue weighted by Gasteiger charge is -2.11. The second-order valence-electron chi connectivity index (χ2n) is 4.17. The summed E-state index contributed by atoms with van der Waals surface area (Å²) in [7, 11) is 1.58. The molecule has 1 aromatic rings. The molecule has 0 saturated carbocycles. The Labute approximate surface area is 125 Å². The van der Waals surface area contributed by atoms with Gasteiger partial charge in [-0.25, -0.2) is 9.79 Å². The highest BCUT2D eigenvalue weighted by Crippen LogP contribution is 2.17. The normalized spacial score (nSPS) is 13.1. The van der Waals surface area contributed by atoms with E-state index in [-0.39, 0.29) is 0 Å². The van der Waals surface area contributed by atoms with Gasteiger partial charge in [0.2, 0.25) is 0 Å². The Morgan fingerprint density at radius 1 is 1.19 bits per heavy atom. The van der Waals surface area contributed by atoms with E-state index in [0.717, 1.165) is 18.6 Å². The van der Waals surface area contributed by atoms with E-state index in [1.54, 1.807) is 31.4 Å². The first kappa shape index (κ1) is 16.8. The number of benzene rings is 1. The smallest absolute Gasteiger partial charge is 0.418 e. The van der Waals surface area contributed by atoms with Crippen LogP contribution in [0.5, 0.6) is 11.5 Å². The Morgan fingerprint density at radius 2 is 1.81 bits per heavy atom. The fraction of sp³-hybridized carbons (Fsp3) is 0.375. The van der Waals surface area contributed by atoms with Gasteiger partial charge >= 0.3 is 6.09 Å². The van der Waals surface area contributed by atoms with Crippen molar-refractivity contribution in [3.8, 4) is 11.5 Å². The van der Waals surface area contributed by atoms with Gasteiger partial charge < -0.3 is 9.47 Å². The van der Waals surface area contributed by atoms with Crippen molar-refractivity contribution in [2.45, 2.75) is 33.6 Å². The Balaban J connectivity index is 0.00000106. The van der Waals surface area contributed by atoms with Gasteiger partial charge in [-0.3, -0.25) is 5.32 Å². The summed E-state index contributed by atoms with van der Waals surface area (Å²) in [6.07, 6.45) is 3.14. The topological polar surface area (TPSA) is 59.9 Å². The van der Waals surface area contributed by atoms with Gasteiger partial charge in [-0.2, -0.15) is 0 Å². The van der Waals surface area contributed by atoms with Crippen LogP contribution < -0.4 is 14.8 Å². The molecule has 0 fully saturated rings. The predicted molar refractivity (Wildman–Crippen MR) is 83.9 cm³/mol. The first-order chi connectivity index (χ1) is 10.2. The number of aliphatic imine (C=N–C) groups is 1. The molecule has 1 amide bonds. The molecule has 0 spiro atoms. The van der Waals surface area contributed by atoms with Gasteiger partial charge in [-0.15, -0.1) is 0 Å². The fourth-order valence-electron chi connectivity index (χ4n) is 1.68. The van der Waals surface area contributed by atoms with Crippen LogP contribution in [-0.4, -0.2) is 18.9 Å². The summed E-state index contributed by atoms with van der Waals surface area (Å²) < 4.78 is 10.2. The van der Waals surface area contributed by atoms with Gasteiger partial charge in [0.05, 0.1) is 7.11 Å². The second-order valence-corrected chi connectivity index (χ2v) is 4.17. The molecule has 21 heavy (non-hydrogen) atoms. The van der Waals surface area contributed by atoms with Crippen LogP contribution in [0, 0.1) is 0 Å². The van der Waals surface area contributed by atoms with Gasteiger partial charge in [-0.1, -0.05) is 13.8 Å². The van der Waals surface area contributed by atoms with Crippen molar-refractivity contribution in [2.24, 2.45) is 4.99 Å². The minimum atomic E-state index is -0.546. The Bertz CT molecular complexity index is 519. The minimum absolute atomic E-state index is 0.454. The van der Waals surface area contributed by atoms with Crippen LogP contribution in [0.15, 0.2) is 41.2 Å². The molecule has 0 radical (unpaired) electrons. The number of amides is 1. The van der Waals surface area contributed by atoms with Gasteiger partial charge in [0.25, 0.3) is 0 Å². The highest BCUT2D eigenvalue weighted by molar-refractivity contribution is 5.84. The molecule has 1 aliphatic heterocycles. The van der Waals surface area contributed by atoms with Crippen molar-refractivity contribution in [1.82, 2.24) is 5.32 Å². The molecular weight excluding hydrogens is 268 g/mol. The molecule has 2 rings (SSSR count). The average molecular weight is 290 g/mol. The van der Waals surface area contributed by atoms with Crippen molar-refractivity contribution in [3.63, 3.8) is 0 Å². The maximum absolute atomic E-state index is 11.7. The van der Waals surface area contributed by atoms with Crippen LogP contribution in [0.1, 0.15) is 33.6 Å². The summed E-state index contributed by atoms with van der Waals surface area (Å²) >= 11 is 0. The molecular formula is C16H22N2O3. The number of hydrogen-bond acceptors (Lipinski definition) is 4. The van der Waals surface area contributed by atoms with Crippen molar-refractivity contribution in [3.05, 3.63) is 36.2 Å². The third-order valence-electron chi connectivity index (χ3n) is 2.66. The maximum Gasteiger partial charge on any atom is 0.418 e. The average Bonchev–Trinajstić information content (AvgIpc) is 2.50. The first-order valence-electron chi connectivity index (χ1n) is 7.04. The maximum atomic E-state index is 11.7. The molecule has 1 aliphatic rings. The summed E-state index contributed by atoms with van der Waals surface area (Å²) in [5.41, 5.74) is 1.00. The van der Waals surface area contributed by atoms with E-state index in [4.69, 9.17) is 9.47 Å². The van der Waals surface area contributed by atoms with Crippen molar-refractivity contribution >= 4 is 11.8 Å². The monoisotopic (exact) mass is 290 g/mol. The minimum Gasteiger partial charge on any atom is -0.497 e. The molecule has 114 valence electrons. The van der Waals surface area contributed by atoms with Crippen LogP contribution in [0.4, 0.5) is 4.79 Å². The van der Waals surface area contributed by atoms with Crippen LogP contribution in [0.3, 0.4) is 0 Å². The molecule has 1 heterocycles. The number of methoxy groups -OCH3 is 1. The first-order valence-corrected chi connectivity index (χ1v) is 7.04. The number of carbonyl (C=O) groups is 1. The van der Waals surface area contributed by atoms with Gasteiger partial charge in [0.15, 0.2) is 0 Å². The molecule has 0 saturated heterocycles. The molecule has 0 bridgehead atoms. The molecule has 0 atom stereocenters. The number of hydrogen-bond donors (Lipinski definition) is 1. The van der Waals surface area contributed by atoms with E-state index in [1.807, 2.05) is 26.8 Å². The lowest BCUT2D eigenvalue weighted by Crippen LogP contribution is -2.26. The van der Waals surface area contributed by atoms with E-state index in [1.165, 1.54) is 0 Å². The number of nitrogens with zero attached hydrogens (tertiary/aromatic N) is 1. The second kappa shape index (κ2) is 8.79. The third kappa shape index (κ3) is 5.69. The molecule has 1 aromatic carbocycles. The molecule has 0 aliphatic carbocycles. The Kier molecular flexibility index (Phi) is 7.01. The quantitative estimate of drug-likeness (QED) is 0.918. The Morgan fingerprint density at radius 3 is 2.38 bits per heavy atom. The van der Waals surface area contributed by atoms with Crippen LogP contribution in [-0.2, 0) is 0 Å². The lowest BCUT2D eigenvalue weighted by atomic mass is 10.2.